The zero-order valence-corrected chi connectivity index (χ0v) is 15.7. The maximum atomic E-state index is 5.44. The van der Waals surface area contributed by atoms with E-state index < -0.39 is 0 Å². The second kappa shape index (κ2) is 7.43. The molecule has 1 aromatic carbocycles. The molecule has 1 saturated heterocycles. The normalized spacial score (nSPS) is 15.4. The van der Waals surface area contributed by atoms with Crippen LogP contribution in [0.15, 0.2) is 35.0 Å². The summed E-state index contributed by atoms with van der Waals surface area (Å²) in [5, 5.41) is 5.21. The number of nitrogens with zero attached hydrogens (tertiary/aromatic N) is 5. The van der Waals surface area contributed by atoms with E-state index in [1.807, 2.05) is 30.5 Å². The van der Waals surface area contributed by atoms with Gasteiger partial charge in [0.15, 0.2) is 5.13 Å². The molecule has 0 aliphatic carbocycles. The van der Waals surface area contributed by atoms with E-state index in [1.54, 1.807) is 18.4 Å². The van der Waals surface area contributed by atoms with Crippen LogP contribution in [0, 0.1) is 6.92 Å². The molecule has 3 heterocycles. The van der Waals surface area contributed by atoms with Crippen LogP contribution < -0.4 is 9.64 Å². The van der Waals surface area contributed by atoms with Gasteiger partial charge < -0.3 is 14.2 Å². The summed E-state index contributed by atoms with van der Waals surface area (Å²) in [6.45, 7) is 6.61. The molecule has 0 N–H and O–H groups in total. The number of aromatic nitrogens is 3. The number of thiazole rings is 1. The zero-order chi connectivity index (χ0) is 17.9. The third kappa shape index (κ3) is 3.71. The van der Waals surface area contributed by atoms with Gasteiger partial charge in [0, 0.05) is 42.8 Å². The van der Waals surface area contributed by atoms with Crippen molar-refractivity contribution in [3.05, 3.63) is 41.2 Å². The summed E-state index contributed by atoms with van der Waals surface area (Å²) in [7, 11) is 1.65. The summed E-state index contributed by atoms with van der Waals surface area (Å²) in [6, 6.07) is 7.65. The Hall–Kier alpha value is -2.45. The lowest BCUT2D eigenvalue weighted by Gasteiger charge is -2.33. The minimum absolute atomic E-state index is 0.611. The molecule has 7 nitrogen and oxygen atoms in total. The van der Waals surface area contributed by atoms with E-state index in [1.165, 1.54) is 4.88 Å². The van der Waals surface area contributed by atoms with Crippen molar-refractivity contribution < 1.29 is 9.26 Å². The van der Waals surface area contributed by atoms with Gasteiger partial charge in [-0.25, -0.2) is 4.98 Å². The Morgan fingerprint density at radius 2 is 1.92 bits per heavy atom. The highest BCUT2D eigenvalue weighted by Gasteiger charge is 2.21. The molecule has 0 unspecified atom stereocenters. The van der Waals surface area contributed by atoms with Gasteiger partial charge in [-0.2, -0.15) is 4.98 Å². The van der Waals surface area contributed by atoms with Crippen LogP contribution in [0.4, 0.5) is 5.13 Å². The van der Waals surface area contributed by atoms with Crippen molar-refractivity contribution in [2.45, 2.75) is 13.5 Å². The molecule has 0 amide bonds. The molecule has 1 aliphatic heterocycles. The number of anilines is 1. The maximum absolute atomic E-state index is 5.44. The van der Waals surface area contributed by atoms with Crippen LogP contribution in [0.5, 0.6) is 5.75 Å². The highest BCUT2D eigenvalue weighted by atomic mass is 32.1. The first-order chi connectivity index (χ1) is 12.7. The Morgan fingerprint density at radius 3 is 2.58 bits per heavy atom. The van der Waals surface area contributed by atoms with Crippen LogP contribution in [-0.4, -0.2) is 53.3 Å². The molecule has 1 fully saturated rings. The van der Waals surface area contributed by atoms with Gasteiger partial charge in [0.1, 0.15) is 5.75 Å². The third-order valence-electron chi connectivity index (χ3n) is 4.43. The molecule has 26 heavy (non-hydrogen) atoms. The third-order valence-corrected chi connectivity index (χ3v) is 5.40. The molecule has 0 radical (unpaired) electrons. The van der Waals surface area contributed by atoms with Gasteiger partial charge in [0.05, 0.1) is 13.7 Å². The van der Waals surface area contributed by atoms with Crippen molar-refractivity contribution in [1.29, 1.82) is 0 Å². The van der Waals surface area contributed by atoms with Crippen LogP contribution in [0.25, 0.3) is 11.4 Å². The van der Waals surface area contributed by atoms with Crippen LogP contribution >= 0.6 is 11.3 Å². The fourth-order valence-electron chi connectivity index (χ4n) is 2.95. The summed E-state index contributed by atoms with van der Waals surface area (Å²) in [5.41, 5.74) is 0.921. The van der Waals surface area contributed by atoms with E-state index in [0.29, 0.717) is 18.3 Å². The van der Waals surface area contributed by atoms with E-state index >= 15 is 0 Å². The zero-order valence-electron chi connectivity index (χ0n) is 14.9. The molecule has 0 saturated carbocycles. The molecule has 0 atom stereocenters. The molecule has 4 rings (SSSR count). The van der Waals surface area contributed by atoms with Crippen molar-refractivity contribution >= 4 is 16.5 Å². The van der Waals surface area contributed by atoms with Gasteiger partial charge in [-0.05, 0) is 31.2 Å². The van der Waals surface area contributed by atoms with Crippen molar-refractivity contribution in [3.8, 4) is 17.1 Å². The largest absolute Gasteiger partial charge is 0.497 e. The number of hydrogen-bond acceptors (Lipinski definition) is 8. The lowest BCUT2D eigenvalue weighted by molar-refractivity contribution is 0.215. The SMILES string of the molecule is COc1ccc(-c2noc(CN3CCN(c4ncc(C)s4)CC3)n2)cc1. The van der Waals surface area contributed by atoms with Gasteiger partial charge in [0.25, 0.3) is 0 Å². The average Bonchev–Trinajstić information content (AvgIpc) is 3.32. The van der Waals surface area contributed by atoms with Crippen molar-refractivity contribution in [2.75, 3.05) is 38.2 Å². The summed E-state index contributed by atoms with van der Waals surface area (Å²) in [4.78, 5) is 14.9. The van der Waals surface area contributed by atoms with E-state index in [9.17, 15) is 0 Å². The number of benzene rings is 1. The number of ether oxygens (including phenoxy) is 1. The van der Waals surface area contributed by atoms with E-state index in [0.717, 1.165) is 42.6 Å². The maximum Gasteiger partial charge on any atom is 0.241 e. The molecule has 8 heteroatoms. The van der Waals surface area contributed by atoms with Gasteiger partial charge in [-0.3, -0.25) is 4.90 Å². The lowest BCUT2D eigenvalue weighted by Crippen LogP contribution is -2.46. The number of methoxy groups -OCH3 is 1. The van der Waals surface area contributed by atoms with Crippen LogP contribution in [0.3, 0.4) is 0 Å². The Bertz CT molecular complexity index is 853. The summed E-state index contributed by atoms with van der Waals surface area (Å²) in [5.74, 6) is 2.07. The quantitative estimate of drug-likeness (QED) is 0.683. The molecule has 136 valence electrons. The average molecular weight is 371 g/mol. The van der Waals surface area contributed by atoms with Crippen LogP contribution in [-0.2, 0) is 6.54 Å². The molecule has 2 aromatic heterocycles. The van der Waals surface area contributed by atoms with Crippen LogP contribution in [0.2, 0.25) is 0 Å². The standard InChI is InChI=1S/C18H21N5O2S/c1-13-11-19-18(26-13)23-9-7-22(8-10-23)12-16-20-17(21-25-16)14-3-5-15(24-2)6-4-14/h3-6,11H,7-10,12H2,1-2H3. The Kier molecular flexibility index (Phi) is 4.85. The van der Waals surface area contributed by atoms with Crippen molar-refractivity contribution in [2.24, 2.45) is 0 Å². The first kappa shape index (κ1) is 17.0. The monoisotopic (exact) mass is 371 g/mol. The molecular weight excluding hydrogens is 350 g/mol. The molecule has 0 spiro atoms. The summed E-state index contributed by atoms with van der Waals surface area (Å²) < 4.78 is 10.6. The topological polar surface area (TPSA) is 67.5 Å². The van der Waals surface area contributed by atoms with E-state index in [-0.39, 0.29) is 0 Å². The molecule has 0 bridgehead atoms. The Morgan fingerprint density at radius 1 is 1.15 bits per heavy atom. The summed E-state index contributed by atoms with van der Waals surface area (Å²) >= 11 is 1.75. The van der Waals surface area contributed by atoms with Crippen molar-refractivity contribution in [1.82, 2.24) is 20.0 Å². The minimum Gasteiger partial charge on any atom is -0.497 e. The first-order valence-corrected chi connectivity index (χ1v) is 9.39. The summed E-state index contributed by atoms with van der Waals surface area (Å²) in [6.07, 6.45) is 1.94. The smallest absolute Gasteiger partial charge is 0.241 e. The minimum atomic E-state index is 0.611. The molecule has 3 aromatic rings. The van der Waals surface area contributed by atoms with E-state index in [4.69, 9.17) is 9.26 Å². The van der Waals surface area contributed by atoms with Crippen molar-refractivity contribution in [3.63, 3.8) is 0 Å². The van der Waals surface area contributed by atoms with Gasteiger partial charge >= 0.3 is 0 Å². The fourth-order valence-corrected chi connectivity index (χ4v) is 3.76. The van der Waals surface area contributed by atoms with Gasteiger partial charge in [-0.1, -0.05) is 5.16 Å². The predicted octanol–water partition coefficient (Wildman–Crippen LogP) is 2.83. The number of hydrogen-bond donors (Lipinski definition) is 0. The van der Waals surface area contributed by atoms with Gasteiger partial charge in [-0.15, -0.1) is 11.3 Å². The van der Waals surface area contributed by atoms with Gasteiger partial charge in [0.2, 0.25) is 11.7 Å². The fraction of sp³-hybridized carbons (Fsp3) is 0.389. The number of rotatable bonds is 5. The first-order valence-electron chi connectivity index (χ1n) is 8.58. The van der Waals surface area contributed by atoms with Crippen LogP contribution in [0.1, 0.15) is 10.8 Å². The Balaban J connectivity index is 1.34. The highest BCUT2D eigenvalue weighted by Crippen LogP contribution is 2.23. The predicted molar refractivity (Wildman–Crippen MR) is 101 cm³/mol. The number of piperazine rings is 1. The molecular formula is C18H21N5O2S. The highest BCUT2D eigenvalue weighted by molar-refractivity contribution is 7.15. The van der Waals surface area contributed by atoms with E-state index in [2.05, 4.69) is 31.8 Å². The second-order valence-electron chi connectivity index (χ2n) is 6.26. The number of aryl methyl sites for hydroxylation is 1. The lowest BCUT2D eigenvalue weighted by atomic mass is 10.2. The second-order valence-corrected chi connectivity index (χ2v) is 7.47. The molecule has 1 aliphatic rings. The Labute approximate surface area is 156 Å².